The van der Waals surface area contributed by atoms with E-state index in [-0.39, 0.29) is 11.4 Å². The molecule has 0 bridgehead atoms. The monoisotopic (exact) mass is 319 g/mol. The van der Waals surface area contributed by atoms with Crippen molar-refractivity contribution >= 4 is 11.8 Å². The van der Waals surface area contributed by atoms with E-state index >= 15 is 0 Å². The van der Waals surface area contributed by atoms with Gasteiger partial charge < -0.3 is 14.9 Å². The van der Waals surface area contributed by atoms with Gasteiger partial charge in [0.15, 0.2) is 0 Å². The summed E-state index contributed by atoms with van der Waals surface area (Å²) in [5.41, 5.74) is 8.53. The molecule has 2 heterocycles. The van der Waals surface area contributed by atoms with Crippen molar-refractivity contribution < 1.29 is 13.9 Å². The lowest BCUT2D eigenvalue weighted by Gasteiger charge is -2.08. The Morgan fingerprint density at radius 3 is 2.62 bits per heavy atom. The summed E-state index contributed by atoms with van der Waals surface area (Å²) < 4.78 is 10.1. The van der Waals surface area contributed by atoms with Gasteiger partial charge in [0.1, 0.15) is 23.2 Å². The van der Waals surface area contributed by atoms with Crippen LogP contribution in [0.25, 0.3) is 22.6 Å². The molecule has 0 fully saturated rings. The van der Waals surface area contributed by atoms with Crippen LogP contribution in [-0.2, 0) is 4.74 Å². The number of nitrogens with zero attached hydrogens (tertiary/aromatic N) is 2. The molecule has 0 saturated carbocycles. The lowest BCUT2D eigenvalue weighted by molar-refractivity contribution is 0.0601. The van der Waals surface area contributed by atoms with E-state index in [2.05, 4.69) is 15.8 Å². The number of nitrogen functional groups attached to an aromatic ring is 1. The highest BCUT2D eigenvalue weighted by Crippen LogP contribution is 2.31. The first-order valence-corrected chi connectivity index (χ1v) is 7.07. The van der Waals surface area contributed by atoms with Gasteiger partial charge in [-0.05, 0) is 30.3 Å². The number of esters is 1. The number of pyridine rings is 1. The Morgan fingerprint density at radius 1 is 1.29 bits per heavy atom. The molecule has 0 aliphatic carbocycles. The van der Waals surface area contributed by atoms with Crippen molar-refractivity contribution in [2.24, 2.45) is 0 Å². The van der Waals surface area contributed by atoms with E-state index in [1.807, 2.05) is 0 Å². The maximum Gasteiger partial charge on any atom is 0.337 e. The Kier molecular flexibility index (Phi) is 4.00. The molecule has 0 aliphatic heterocycles. The van der Waals surface area contributed by atoms with Crippen LogP contribution in [0.4, 0.5) is 5.82 Å². The number of anilines is 1. The summed E-state index contributed by atoms with van der Waals surface area (Å²) in [5, 5.41) is 9.32. The van der Waals surface area contributed by atoms with Crippen molar-refractivity contribution in [1.82, 2.24) is 4.98 Å². The molecule has 3 rings (SSSR count). The Morgan fingerprint density at radius 2 is 2.04 bits per heavy atom. The van der Waals surface area contributed by atoms with Crippen LogP contribution in [0.3, 0.4) is 0 Å². The quantitative estimate of drug-likeness (QED) is 0.743. The molecule has 6 heteroatoms. The van der Waals surface area contributed by atoms with Crippen LogP contribution in [0.5, 0.6) is 0 Å². The molecule has 0 atom stereocenters. The lowest BCUT2D eigenvalue weighted by Crippen LogP contribution is -2.01. The van der Waals surface area contributed by atoms with Crippen LogP contribution < -0.4 is 5.73 Å². The zero-order valence-electron chi connectivity index (χ0n) is 12.8. The van der Waals surface area contributed by atoms with Gasteiger partial charge in [0.25, 0.3) is 0 Å². The number of carbonyl (C=O) groups is 1. The van der Waals surface area contributed by atoms with Crippen LogP contribution in [0.15, 0.2) is 53.1 Å². The van der Waals surface area contributed by atoms with Gasteiger partial charge in [-0.25, -0.2) is 9.78 Å². The van der Waals surface area contributed by atoms with Crippen molar-refractivity contribution in [1.29, 1.82) is 5.26 Å². The van der Waals surface area contributed by atoms with Crippen molar-refractivity contribution in [3.05, 3.63) is 59.9 Å². The normalized spacial score (nSPS) is 10.2. The van der Waals surface area contributed by atoms with Gasteiger partial charge in [0.05, 0.1) is 24.6 Å². The van der Waals surface area contributed by atoms with Crippen LogP contribution >= 0.6 is 0 Å². The van der Waals surface area contributed by atoms with Crippen molar-refractivity contribution in [3.8, 4) is 28.7 Å². The van der Waals surface area contributed by atoms with Gasteiger partial charge in [-0.3, -0.25) is 0 Å². The molecular formula is C18H13N3O3. The van der Waals surface area contributed by atoms with E-state index in [1.54, 1.807) is 42.5 Å². The van der Waals surface area contributed by atoms with Gasteiger partial charge in [-0.1, -0.05) is 12.1 Å². The molecule has 118 valence electrons. The van der Waals surface area contributed by atoms with Crippen LogP contribution in [0.1, 0.15) is 15.9 Å². The molecule has 24 heavy (non-hydrogen) atoms. The number of nitriles is 1. The number of ether oxygens (including phenoxy) is 1. The van der Waals surface area contributed by atoms with E-state index in [1.165, 1.54) is 13.4 Å². The molecule has 1 aromatic carbocycles. The summed E-state index contributed by atoms with van der Waals surface area (Å²) in [5.74, 6) is 0.247. The number of furan rings is 1. The smallest absolute Gasteiger partial charge is 0.337 e. The molecule has 0 unspecified atom stereocenters. The standard InChI is InChI=1S/C18H13N3O3/c1-23-18(22)12-6-4-11(5-7-12)15-9-13(16-3-2-8-24-16)14(10-19)17(20)21-15/h2-9H,1H3,(H2,20,21). The predicted molar refractivity (Wildman–Crippen MR) is 87.8 cm³/mol. The summed E-state index contributed by atoms with van der Waals surface area (Å²) in [6.45, 7) is 0. The maximum absolute atomic E-state index is 11.5. The Bertz CT molecular complexity index is 923. The summed E-state index contributed by atoms with van der Waals surface area (Å²) in [6, 6.07) is 14.0. The number of carbonyl (C=O) groups excluding carboxylic acids is 1. The Labute approximate surface area is 138 Å². The van der Waals surface area contributed by atoms with Crippen LogP contribution in [0, 0.1) is 11.3 Å². The Balaban J connectivity index is 2.09. The third-order valence-electron chi connectivity index (χ3n) is 3.55. The number of methoxy groups -OCH3 is 1. The van der Waals surface area contributed by atoms with Crippen molar-refractivity contribution in [2.45, 2.75) is 0 Å². The van der Waals surface area contributed by atoms with Gasteiger partial charge in [0.2, 0.25) is 0 Å². The summed E-state index contributed by atoms with van der Waals surface area (Å²) in [6.07, 6.45) is 1.53. The zero-order chi connectivity index (χ0) is 17.1. The number of hydrogen-bond acceptors (Lipinski definition) is 6. The second kappa shape index (κ2) is 6.26. The third-order valence-corrected chi connectivity index (χ3v) is 3.55. The number of hydrogen-bond donors (Lipinski definition) is 1. The molecule has 6 nitrogen and oxygen atoms in total. The highest BCUT2D eigenvalue weighted by Gasteiger charge is 2.15. The molecule has 0 spiro atoms. The molecule has 0 aliphatic rings. The van der Waals surface area contributed by atoms with E-state index in [4.69, 9.17) is 10.2 Å². The van der Waals surface area contributed by atoms with Gasteiger partial charge in [0, 0.05) is 11.1 Å². The maximum atomic E-state index is 11.5. The highest BCUT2D eigenvalue weighted by atomic mass is 16.5. The molecule has 2 N–H and O–H groups in total. The SMILES string of the molecule is COC(=O)c1ccc(-c2cc(-c3ccco3)c(C#N)c(N)n2)cc1. The second-order valence-corrected chi connectivity index (χ2v) is 4.97. The zero-order valence-corrected chi connectivity index (χ0v) is 12.8. The molecule has 3 aromatic rings. The largest absolute Gasteiger partial charge is 0.465 e. The topological polar surface area (TPSA) is 102 Å². The molecule has 0 saturated heterocycles. The molecule has 2 aromatic heterocycles. The summed E-state index contributed by atoms with van der Waals surface area (Å²) in [7, 11) is 1.33. The first-order valence-electron chi connectivity index (χ1n) is 7.07. The van der Waals surface area contributed by atoms with E-state index in [0.717, 1.165) is 5.56 Å². The average Bonchev–Trinajstić information content (AvgIpc) is 3.15. The number of benzene rings is 1. The fourth-order valence-corrected chi connectivity index (χ4v) is 2.35. The van der Waals surface area contributed by atoms with Gasteiger partial charge >= 0.3 is 5.97 Å². The van der Waals surface area contributed by atoms with Gasteiger partial charge in [-0.15, -0.1) is 0 Å². The van der Waals surface area contributed by atoms with Crippen molar-refractivity contribution in [2.75, 3.05) is 12.8 Å². The summed E-state index contributed by atoms with van der Waals surface area (Å²) in [4.78, 5) is 15.8. The van der Waals surface area contributed by atoms with E-state index in [9.17, 15) is 10.1 Å². The van der Waals surface area contributed by atoms with E-state index < -0.39 is 5.97 Å². The predicted octanol–water partition coefficient (Wildman–Crippen LogP) is 3.25. The third kappa shape index (κ3) is 2.71. The van der Waals surface area contributed by atoms with Crippen molar-refractivity contribution in [3.63, 3.8) is 0 Å². The first kappa shape index (κ1) is 15.3. The molecule has 0 radical (unpaired) electrons. The fraction of sp³-hybridized carbons (Fsp3) is 0.0556. The highest BCUT2D eigenvalue weighted by molar-refractivity contribution is 5.90. The molecule has 0 amide bonds. The Hall–Kier alpha value is -3.59. The minimum absolute atomic E-state index is 0.124. The second-order valence-electron chi connectivity index (χ2n) is 4.97. The fourth-order valence-electron chi connectivity index (χ4n) is 2.35. The minimum atomic E-state index is -0.412. The summed E-state index contributed by atoms with van der Waals surface area (Å²) >= 11 is 0. The van der Waals surface area contributed by atoms with Crippen LogP contribution in [0.2, 0.25) is 0 Å². The van der Waals surface area contributed by atoms with E-state index in [0.29, 0.717) is 22.6 Å². The van der Waals surface area contributed by atoms with Crippen LogP contribution in [-0.4, -0.2) is 18.1 Å². The lowest BCUT2D eigenvalue weighted by atomic mass is 10.0. The minimum Gasteiger partial charge on any atom is -0.465 e. The van der Waals surface area contributed by atoms with Gasteiger partial charge in [-0.2, -0.15) is 5.26 Å². The average molecular weight is 319 g/mol. The molecular weight excluding hydrogens is 306 g/mol. The number of nitrogens with two attached hydrogens (primary N) is 1. The number of rotatable bonds is 3. The first-order chi connectivity index (χ1) is 11.6. The number of aromatic nitrogens is 1.